The average molecular weight is 684 g/mol. The van der Waals surface area contributed by atoms with E-state index in [2.05, 4.69) is 6.08 Å². The Kier molecular flexibility index (Phi) is 10.4. The predicted octanol–water partition coefficient (Wildman–Crippen LogP) is 7.44. The van der Waals surface area contributed by atoms with E-state index in [4.69, 9.17) is 0 Å². The van der Waals surface area contributed by atoms with Gasteiger partial charge >= 0.3 is 6.18 Å². The Morgan fingerprint density at radius 2 is 1.73 bits per heavy atom. The molecular weight excluding hydrogens is 639 g/mol. The Morgan fingerprint density at radius 3 is 2.42 bits per heavy atom. The molecule has 3 aromatic rings. The maximum absolute atomic E-state index is 14.2. The molecule has 0 aliphatic heterocycles. The number of nitrogens with zero attached hydrogens (tertiary/aromatic N) is 1. The van der Waals surface area contributed by atoms with Crippen molar-refractivity contribution in [3.63, 3.8) is 0 Å². The number of halogens is 3. The van der Waals surface area contributed by atoms with E-state index in [1.807, 2.05) is 56.3 Å². The van der Waals surface area contributed by atoms with E-state index in [-0.39, 0.29) is 37.1 Å². The van der Waals surface area contributed by atoms with E-state index in [9.17, 15) is 36.6 Å². The minimum absolute atomic E-state index is 0.0814. The first-order valence-electron chi connectivity index (χ1n) is 16.4. The van der Waals surface area contributed by atoms with Crippen LogP contribution in [0.3, 0.4) is 0 Å². The standard InChI is InChI=1S/C38H44F3NO5S/c1-26-9-8-19-36(2)34(18-20-37(36,45)25-42(48(3,46)47)24-27-10-5-4-6-11-27)32-17-15-28(21-31(43)16-14-26)22-33(32)35(44)29-12-7-13-30(23-29)38(39,40)41/h4-7,9-13,15,17,22-23,31,34,43,45H,8,14,16,18-21,24-25H2,1-3H3/t31-,34-,36-,37+/m0/s1. The summed E-state index contributed by atoms with van der Waals surface area (Å²) in [5, 5.41) is 23.4. The maximum atomic E-state index is 14.2. The summed E-state index contributed by atoms with van der Waals surface area (Å²) in [5.74, 6) is -0.990. The molecule has 4 atom stereocenters. The van der Waals surface area contributed by atoms with Crippen LogP contribution in [0.15, 0.2) is 84.4 Å². The number of aliphatic hydroxyl groups excluding tert-OH is 1. The molecule has 10 heteroatoms. The number of hydrogen-bond acceptors (Lipinski definition) is 5. The molecule has 3 aliphatic carbocycles. The highest BCUT2D eigenvalue weighted by atomic mass is 32.2. The molecule has 2 N–H and O–H groups in total. The van der Waals surface area contributed by atoms with Gasteiger partial charge in [-0.3, -0.25) is 4.79 Å². The molecule has 0 unspecified atom stereocenters. The van der Waals surface area contributed by atoms with Gasteiger partial charge in [0.05, 0.1) is 23.5 Å². The number of fused-ring (bicyclic) bond motifs is 8. The zero-order valence-corrected chi connectivity index (χ0v) is 28.4. The van der Waals surface area contributed by atoms with Gasteiger partial charge < -0.3 is 10.2 Å². The van der Waals surface area contributed by atoms with Gasteiger partial charge in [0.2, 0.25) is 10.0 Å². The Balaban J connectivity index is 1.62. The van der Waals surface area contributed by atoms with Gasteiger partial charge in [0.1, 0.15) is 0 Å². The number of hydrogen-bond donors (Lipinski definition) is 2. The van der Waals surface area contributed by atoms with Crippen LogP contribution in [0, 0.1) is 5.41 Å². The SMILES string of the molecule is CC1=CCC[C@@]2(C)[C@@H](CC[C@@]2(O)CN(Cc2ccccc2)S(C)(=O)=O)c2ccc(cc2C(=O)c2cccc(C(F)(F)F)c2)C[C@@H](O)CC1. The highest BCUT2D eigenvalue weighted by molar-refractivity contribution is 7.88. The van der Waals surface area contributed by atoms with Crippen LogP contribution in [-0.2, 0) is 29.2 Å². The van der Waals surface area contributed by atoms with Crippen molar-refractivity contribution in [3.05, 3.63) is 118 Å². The summed E-state index contributed by atoms with van der Waals surface area (Å²) in [6.45, 7) is 3.87. The molecule has 3 aromatic carbocycles. The van der Waals surface area contributed by atoms with E-state index >= 15 is 0 Å². The summed E-state index contributed by atoms with van der Waals surface area (Å²) in [5.41, 5.74) is -0.0484. The topological polar surface area (TPSA) is 94.9 Å². The molecule has 258 valence electrons. The Bertz CT molecular complexity index is 1770. The van der Waals surface area contributed by atoms with E-state index in [1.54, 1.807) is 6.07 Å². The normalized spacial score (nSPS) is 25.4. The second-order valence-electron chi connectivity index (χ2n) is 13.9. The fraction of sp³-hybridized carbons (Fsp3) is 0.447. The van der Waals surface area contributed by atoms with Crippen molar-refractivity contribution in [2.45, 2.75) is 89.1 Å². The van der Waals surface area contributed by atoms with Crippen LogP contribution in [0.2, 0.25) is 0 Å². The number of sulfonamides is 1. The third-order valence-electron chi connectivity index (χ3n) is 10.5. The molecule has 6 nitrogen and oxygen atoms in total. The van der Waals surface area contributed by atoms with Crippen LogP contribution >= 0.6 is 0 Å². The fourth-order valence-electron chi connectivity index (χ4n) is 7.56. The minimum Gasteiger partial charge on any atom is -0.393 e. The number of benzene rings is 3. The number of rotatable bonds is 7. The monoisotopic (exact) mass is 683 g/mol. The summed E-state index contributed by atoms with van der Waals surface area (Å²) in [6, 6.07) is 18.9. The van der Waals surface area contributed by atoms with Crippen molar-refractivity contribution in [1.82, 2.24) is 4.31 Å². The zero-order valence-electron chi connectivity index (χ0n) is 27.6. The summed E-state index contributed by atoms with van der Waals surface area (Å²) < 4.78 is 68.5. The molecule has 0 radical (unpaired) electrons. The Hall–Kier alpha value is -3.31. The summed E-state index contributed by atoms with van der Waals surface area (Å²) >= 11 is 0. The van der Waals surface area contributed by atoms with Crippen LogP contribution in [0.5, 0.6) is 0 Å². The molecular formula is C38H44F3NO5S. The third-order valence-corrected chi connectivity index (χ3v) is 11.7. The van der Waals surface area contributed by atoms with E-state index in [0.717, 1.165) is 29.5 Å². The van der Waals surface area contributed by atoms with Gasteiger partial charge in [-0.15, -0.1) is 0 Å². The minimum atomic E-state index is -4.63. The van der Waals surface area contributed by atoms with E-state index in [0.29, 0.717) is 43.2 Å². The zero-order chi connectivity index (χ0) is 34.9. The molecule has 0 saturated heterocycles. The number of aliphatic hydroxyl groups is 2. The first kappa shape index (κ1) is 36.0. The van der Waals surface area contributed by atoms with E-state index < -0.39 is 50.6 Å². The number of alkyl halides is 3. The lowest BCUT2D eigenvalue weighted by Crippen LogP contribution is -2.53. The predicted molar refractivity (Wildman–Crippen MR) is 180 cm³/mol. The second kappa shape index (κ2) is 13.9. The molecule has 0 amide bonds. The van der Waals surface area contributed by atoms with Crippen molar-refractivity contribution in [2.75, 3.05) is 12.8 Å². The largest absolute Gasteiger partial charge is 0.416 e. The van der Waals surface area contributed by atoms with Gasteiger partial charge in [-0.2, -0.15) is 17.5 Å². The molecule has 0 heterocycles. The first-order valence-corrected chi connectivity index (χ1v) is 18.2. The van der Waals surface area contributed by atoms with Crippen LogP contribution in [0.25, 0.3) is 0 Å². The number of carbonyl (C=O) groups excluding carboxylic acids is 1. The van der Waals surface area contributed by atoms with Crippen LogP contribution < -0.4 is 0 Å². The molecule has 0 spiro atoms. The molecule has 1 saturated carbocycles. The smallest absolute Gasteiger partial charge is 0.393 e. The Morgan fingerprint density at radius 1 is 1.00 bits per heavy atom. The third kappa shape index (κ3) is 7.77. The quantitative estimate of drug-likeness (QED) is 0.200. The molecule has 6 rings (SSSR count). The van der Waals surface area contributed by atoms with Crippen LogP contribution in [-0.4, -0.2) is 53.2 Å². The van der Waals surface area contributed by atoms with Crippen molar-refractivity contribution in [2.24, 2.45) is 5.41 Å². The van der Waals surface area contributed by atoms with Gasteiger partial charge in [-0.05, 0) is 92.7 Å². The molecule has 3 aliphatic rings. The van der Waals surface area contributed by atoms with Crippen LogP contribution in [0.1, 0.15) is 96.5 Å². The highest BCUT2D eigenvalue weighted by Crippen LogP contribution is 2.59. The Labute approximate surface area is 281 Å². The number of carbonyl (C=O) groups is 1. The van der Waals surface area contributed by atoms with Crippen molar-refractivity contribution >= 4 is 15.8 Å². The summed E-state index contributed by atoms with van der Waals surface area (Å²) in [6.07, 6.45) is 1.07. The van der Waals surface area contributed by atoms with Gasteiger partial charge in [0, 0.05) is 29.6 Å². The summed E-state index contributed by atoms with van der Waals surface area (Å²) in [4.78, 5) is 14.2. The van der Waals surface area contributed by atoms with Gasteiger partial charge in [0.15, 0.2) is 5.78 Å². The van der Waals surface area contributed by atoms with Crippen molar-refractivity contribution < 1.29 is 36.6 Å². The molecule has 48 heavy (non-hydrogen) atoms. The number of ketones is 1. The van der Waals surface area contributed by atoms with Gasteiger partial charge in [-0.1, -0.05) is 73.2 Å². The van der Waals surface area contributed by atoms with Crippen molar-refractivity contribution in [1.29, 1.82) is 0 Å². The molecule has 1 fully saturated rings. The van der Waals surface area contributed by atoms with E-state index in [1.165, 1.54) is 16.4 Å². The first-order chi connectivity index (χ1) is 22.5. The van der Waals surface area contributed by atoms with Crippen molar-refractivity contribution in [3.8, 4) is 0 Å². The lowest BCUT2D eigenvalue weighted by Gasteiger charge is -2.45. The van der Waals surface area contributed by atoms with Gasteiger partial charge in [-0.25, -0.2) is 8.42 Å². The average Bonchev–Trinajstić information content (AvgIpc) is 3.28. The number of allylic oxidation sites excluding steroid dienone is 2. The molecule has 2 bridgehead atoms. The maximum Gasteiger partial charge on any atom is 0.416 e. The van der Waals surface area contributed by atoms with Gasteiger partial charge in [0.25, 0.3) is 0 Å². The fourth-order valence-corrected chi connectivity index (χ4v) is 8.39. The lowest BCUT2D eigenvalue weighted by atomic mass is 9.64. The lowest BCUT2D eigenvalue weighted by molar-refractivity contribution is -0.137. The molecule has 0 aromatic heterocycles. The summed E-state index contributed by atoms with van der Waals surface area (Å²) in [7, 11) is -3.75. The highest BCUT2D eigenvalue weighted by Gasteiger charge is 2.58. The van der Waals surface area contributed by atoms with Crippen LogP contribution in [0.4, 0.5) is 13.2 Å². The second-order valence-corrected chi connectivity index (χ2v) is 15.9.